The zero-order valence-corrected chi connectivity index (χ0v) is 8.46. The first kappa shape index (κ1) is 11.1. The highest BCUT2D eigenvalue weighted by Gasteiger charge is 2.03. The van der Waals surface area contributed by atoms with E-state index in [1.807, 2.05) is 0 Å². The van der Waals surface area contributed by atoms with Gasteiger partial charge in [0, 0.05) is 30.8 Å². The molecule has 2 N–H and O–H groups in total. The van der Waals surface area contributed by atoms with E-state index in [1.54, 1.807) is 13.0 Å². The molecule has 0 bridgehead atoms. The van der Waals surface area contributed by atoms with Gasteiger partial charge in [-0.3, -0.25) is 9.59 Å². The van der Waals surface area contributed by atoms with E-state index in [4.69, 9.17) is 0 Å². The molecule has 0 radical (unpaired) electrons. The second kappa shape index (κ2) is 5.66. The first-order valence-corrected chi connectivity index (χ1v) is 4.60. The van der Waals surface area contributed by atoms with Crippen molar-refractivity contribution in [2.45, 2.75) is 13.3 Å². The van der Waals surface area contributed by atoms with Crippen LogP contribution in [0.15, 0.2) is 23.1 Å². The van der Waals surface area contributed by atoms with Crippen LogP contribution in [0.25, 0.3) is 0 Å². The predicted molar refractivity (Wildman–Crippen MR) is 57.5 cm³/mol. The van der Waals surface area contributed by atoms with Crippen LogP contribution in [0.5, 0.6) is 0 Å². The van der Waals surface area contributed by atoms with Crippen LogP contribution in [0.3, 0.4) is 0 Å². The van der Waals surface area contributed by atoms with Crippen LogP contribution in [0.2, 0.25) is 0 Å². The number of pyridine rings is 1. The van der Waals surface area contributed by atoms with Gasteiger partial charge in [-0.1, -0.05) is 0 Å². The first-order chi connectivity index (χ1) is 7.24. The van der Waals surface area contributed by atoms with E-state index in [0.29, 0.717) is 18.5 Å². The van der Waals surface area contributed by atoms with Gasteiger partial charge in [-0.25, -0.2) is 0 Å². The third-order valence-corrected chi connectivity index (χ3v) is 1.75. The van der Waals surface area contributed by atoms with Gasteiger partial charge in [0.05, 0.1) is 0 Å². The van der Waals surface area contributed by atoms with Crippen molar-refractivity contribution in [1.82, 2.24) is 10.3 Å². The molecule has 0 aliphatic carbocycles. The Hall–Kier alpha value is -2.02. The maximum atomic E-state index is 11.4. The van der Waals surface area contributed by atoms with Crippen LogP contribution in [-0.4, -0.2) is 17.4 Å². The summed E-state index contributed by atoms with van der Waals surface area (Å²) in [5, 5.41) is 2.67. The zero-order chi connectivity index (χ0) is 11.1. The first-order valence-electron chi connectivity index (χ1n) is 4.60. The van der Waals surface area contributed by atoms with Crippen molar-refractivity contribution < 1.29 is 4.79 Å². The topological polar surface area (TPSA) is 62.0 Å². The fraction of sp³-hybridized carbons (Fsp3) is 0.273. The molecule has 0 saturated heterocycles. The predicted octanol–water partition coefficient (Wildman–Crippen LogP) is 0.518. The number of rotatable bonds is 3. The normalized spacial score (nSPS) is 8.87. The SMILES string of the molecule is CC#CCCNC(=O)c1cc[nH]c(=O)c1. The molecule has 1 aromatic heterocycles. The Kier molecular flexibility index (Phi) is 4.17. The smallest absolute Gasteiger partial charge is 0.251 e. The van der Waals surface area contributed by atoms with Gasteiger partial charge in [-0.15, -0.1) is 11.8 Å². The summed E-state index contributed by atoms with van der Waals surface area (Å²) in [6.07, 6.45) is 2.06. The molecular formula is C11H12N2O2. The van der Waals surface area contributed by atoms with Gasteiger partial charge in [0.15, 0.2) is 0 Å². The summed E-state index contributed by atoms with van der Waals surface area (Å²) < 4.78 is 0. The Morgan fingerprint density at radius 2 is 2.40 bits per heavy atom. The van der Waals surface area contributed by atoms with Crippen molar-refractivity contribution in [2.24, 2.45) is 0 Å². The molecule has 1 heterocycles. The van der Waals surface area contributed by atoms with Gasteiger partial charge in [0.25, 0.3) is 5.91 Å². The lowest BCUT2D eigenvalue weighted by atomic mass is 10.2. The molecule has 15 heavy (non-hydrogen) atoms. The summed E-state index contributed by atoms with van der Waals surface area (Å²) in [5.74, 6) is 5.32. The van der Waals surface area contributed by atoms with Gasteiger partial charge in [0.2, 0.25) is 5.56 Å². The molecule has 1 aromatic rings. The van der Waals surface area contributed by atoms with Crippen LogP contribution in [0.4, 0.5) is 0 Å². The van der Waals surface area contributed by atoms with Crippen LogP contribution >= 0.6 is 0 Å². The molecule has 0 aliphatic rings. The quantitative estimate of drug-likeness (QED) is 0.557. The van der Waals surface area contributed by atoms with Crippen molar-refractivity contribution in [2.75, 3.05) is 6.54 Å². The lowest BCUT2D eigenvalue weighted by molar-refractivity contribution is 0.0954. The molecule has 0 fully saturated rings. The van der Waals surface area contributed by atoms with E-state index in [0.717, 1.165) is 0 Å². The molecule has 0 saturated carbocycles. The number of amides is 1. The number of carbonyl (C=O) groups excluding carboxylic acids is 1. The fourth-order valence-corrected chi connectivity index (χ4v) is 1.05. The van der Waals surface area contributed by atoms with Gasteiger partial charge >= 0.3 is 0 Å². The number of nitrogens with one attached hydrogen (secondary N) is 2. The van der Waals surface area contributed by atoms with Gasteiger partial charge in [-0.2, -0.15) is 0 Å². The molecule has 1 amide bonds. The average molecular weight is 204 g/mol. The maximum absolute atomic E-state index is 11.4. The molecule has 0 aliphatic heterocycles. The monoisotopic (exact) mass is 204 g/mol. The summed E-state index contributed by atoms with van der Waals surface area (Å²) in [6, 6.07) is 2.82. The minimum absolute atomic E-state index is 0.251. The molecule has 4 heteroatoms. The summed E-state index contributed by atoms with van der Waals surface area (Å²) in [4.78, 5) is 24.8. The minimum Gasteiger partial charge on any atom is -0.351 e. The Labute approximate surface area is 87.7 Å². The average Bonchev–Trinajstić information content (AvgIpc) is 2.24. The molecule has 0 atom stereocenters. The van der Waals surface area contributed by atoms with Crippen LogP contribution in [-0.2, 0) is 0 Å². The van der Waals surface area contributed by atoms with E-state index in [-0.39, 0.29) is 11.5 Å². The third-order valence-electron chi connectivity index (χ3n) is 1.75. The Morgan fingerprint density at radius 3 is 3.07 bits per heavy atom. The number of carbonyl (C=O) groups is 1. The van der Waals surface area contributed by atoms with Crippen LogP contribution in [0, 0.1) is 11.8 Å². The molecule has 0 unspecified atom stereocenters. The van der Waals surface area contributed by atoms with Gasteiger partial charge in [-0.05, 0) is 13.0 Å². The van der Waals surface area contributed by atoms with Crippen molar-refractivity contribution in [3.63, 3.8) is 0 Å². The third kappa shape index (κ3) is 3.69. The highest BCUT2D eigenvalue weighted by atomic mass is 16.2. The Bertz CT molecular complexity index is 451. The van der Waals surface area contributed by atoms with Gasteiger partial charge in [0.1, 0.15) is 0 Å². The van der Waals surface area contributed by atoms with Crippen molar-refractivity contribution in [1.29, 1.82) is 0 Å². The second-order valence-corrected chi connectivity index (χ2v) is 2.87. The molecule has 78 valence electrons. The van der Waals surface area contributed by atoms with E-state index in [9.17, 15) is 9.59 Å². The number of aromatic amines is 1. The summed E-state index contributed by atoms with van der Waals surface area (Å²) >= 11 is 0. The largest absolute Gasteiger partial charge is 0.351 e. The number of hydrogen-bond acceptors (Lipinski definition) is 2. The van der Waals surface area contributed by atoms with E-state index in [1.165, 1.54) is 12.3 Å². The maximum Gasteiger partial charge on any atom is 0.251 e. The Morgan fingerprint density at radius 1 is 1.60 bits per heavy atom. The number of hydrogen-bond donors (Lipinski definition) is 2. The fourth-order valence-electron chi connectivity index (χ4n) is 1.05. The number of aromatic nitrogens is 1. The molecule has 0 aromatic carbocycles. The second-order valence-electron chi connectivity index (χ2n) is 2.87. The van der Waals surface area contributed by atoms with Crippen LogP contribution < -0.4 is 10.9 Å². The molecular weight excluding hydrogens is 192 g/mol. The highest BCUT2D eigenvalue weighted by molar-refractivity contribution is 5.93. The minimum atomic E-state index is -0.281. The van der Waals surface area contributed by atoms with Crippen molar-refractivity contribution in [3.05, 3.63) is 34.2 Å². The van der Waals surface area contributed by atoms with Crippen molar-refractivity contribution in [3.8, 4) is 11.8 Å². The van der Waals surface area contributed by atoms with E-state index >= 15 is 0 Å². The molecule has 4 nitrogen and oxygen atoms in total. The summed E-state index contributed by atoms with van der Waals surface area (Å²) in [7, 11) is 0. The van der Waals surface area contributed by atoms with Crippen molar-refractivity contribution >= 4 is 5.91 Å². The molecule has 1 rings (SSSR count). The van der Waals surface area contributed by atoms with E-state index < -0.39 is 0 Å². The number of H-pyrrole nitrogens is 1. The summed E-state index contributed by atoms with van der Waals surface area (Å²) in [6.45, 7) is 2.24. The summed E-state index contributed by atoms with van der Waals surface area (Å²) in [5.41, 5.74) is 0.0826. The lowest BCUT2D eigenvalue weighted by Gasteiger charge is -2.01. The zero-order valence-electron chi connectivity index (χ0n) is 8.46. The van der Waals surface area contributed by atoms with Crippen LogP contribution in [0.1, 0.15) is 23.7 Å². The van der Waals surface area contributed by atoms with E-state index in [2.05, 4.69) is 22.1 Å². The molecule has 0 spiro atoms. The van der Waals surface area contributed by atoms with Gasteiger partial charge < -0.3 is 10.3 Å². The standard InChI is InChI=1S/C11H12N2O2/c1-2-3-4-6-13-11(15)9-5-7-12-10(14)8-9/h5,7-8H,4,6H2,1H3,(H,12,14)(H,13,15). The highest BCUT2D eigenvalue weighted by Crippen LogP contribution is 1.92. The Balaban J connectivity index is 2.53. The lowest BCUT2D eigenvalue weighted by Crippen LogP contribution is -2.25.